The molecule has 1 fully saturated rings. The first-order valence-electron chi connectivity index (χ1n) is 5.40. The van der Waals surface area contributed by atoms with Gasteiger partial charge in [0.15, 0.2) is 0 Å². The molecule has 0 aromatic carbocycles. The van der Waals surface area contributed by atoms with E-state index in [1.807, 2.05) is 12.3 Å². The van der Waals surface area contributed by atoms with Crippen LogP contribution in [0.25, 0.3) is 0 Å². The number of hydrogen-bond donors (Lipinski definition) is 1. The molecule has 1 aromatic heterocycles. The molecule has 15 heavy (non-hydrogen) atoms. The molecule has 4 heteroatoms. The molecular weight excluding hydrogens is 208 g/mol. The summed E-state index contributed by atoms with van der Waals surface area (Å²) in [6.07, 6.45) is 4.87. The van der Waals surface area contributed by atoms with Gasteiger partial charge in [-0.1, -0.05) is 0 Å². The summed E-state index contributed by atoms with van der Waals surface area (Å²) in [7, 11) is 0. The van der Waals surface area contributed by atoms with E-state index in [-0.39, 0.29) is 0 Å². The van der Waals surface area contributed by atoms with Gasteiger partial charge in [-0.3, -0.25) is 0 Å². The molecule has 0 unspecified atom stereocenters. The fraction of sp³-hybridized carbons (Fsp3) is 0.636. The molecule has 1 aromatic rings. The van der Waals surface area contributed by atoms with Crippen LogP contribution in [-0.2, 0) is 11.2 Å². The highest BCUT2D eigenvalue weighted by molar-refractivity contribution is 7.80. The van der Waals surface area contributed by atoms with Crippen LogP contribution in [-0.4, -0.2) is 28.9 Å². The molecule has 0 spiro atoms. The Morgan fingerprint density at radius 3 is 2.93 bits per heavy atom. The zero-order valence-electron chi connectivity index (χ0n) is 8.72. The average molecular weight is 224 g/mol. The van der Waals surface area contributed by atoms with Crippen molar-refractivity contribution >= 4 is 12.6 Å². The van der Waals surface area contributed by atoms with Gasteiger partial charge in [-0.05, 0) is 24.7 Å². The van der Waals surface area contributed by atoms with Crippen LogP contribution in [0.5, 0.6) is 0 Å². The molecule has 0 radical (unpaired) electrons. The number of hydrogen-bond acceptors (Lipinski definition) is 4. The van der Waals surface area contributed by atoms with Gasteiger partial charge in [0.1, 0.15) is 5.82 Å². The predicted molar refractivity (Wildman–Crippen MR) is 62.4 cm³/mol. The maximum atomic E-state index is 5.34. The Balaban J connectivity index is 2.09. The second-order valence-electron chi connectivity index (χ2n) is 3.76. The Labute approximate surface area is 95.7 Å². The minimum Gasteiger partial charge on any atom is -0.381 e. The van der Waals surface area contributed by atoms with E-state index in [4.69, 9.17) is 4.74 Å². The lowest BCUT2D eigenvalue weighted by molar-refractivity contribution is 0.0844. The highest BCUT2D eigenvalue weighted by Gasteiger charge is 2.17. The molecule has 1 aliphatic rings. The van der Waals surface area contributed by atoms with Gasteiger partial charge in [-0.15, -0.1) is 0 Å². The number of thiol groups is 1. The van der Waals surface area contributed by atoms with Crippen LogP contribution in [0.15, 0.2) is 12.3 Å². The molecule has 1 aliphatic heterocycles. The third-order valence-corrected chi connectivity index (χ3v) is 2.93. The fourth-order valence-electron chi connectivity index (χ4n) is 1.86. The summed E-state index contributed by atoms with van der Waals surface area (Å²) in [4.78, 5) is 8.80. The quantitative estimate of drug-likeness (QED) is 0.796. The van der Waals surface area contributed by atoms with Crippen molar-refractivity contribution < 1.29 is 4.74 Å². The van der Waals surface area contributed by atoms with Crippen molar-refractivity contribution in [1.29, 1.82) is 0 Å². The van der Waals surface area contributed by atoms with Crippen molar-refractivity contribution in [2.75, 3.05) is 19.0 Å². The van der Waals surface area contributed by atoms with Gasteiger partial charge >= 0.3 is 0 Å². The molecule has 0 amide bonds. The van der Waals surface area contributed by atoms with Crippen LogP contribution in [0.2, 0.25) is 0 Å². The Kier molecular flexibility index (Phi) is 3.97. The van der Waals surface area contributed by atoms with E-state index in [0.29, 0.717) is 5.92 Å². The number of nitrogens with zero attached hydrogens (tertiary/aromatic N) is 2. The van der Waals surface area contributed by atoms with Gasteiger partial charge in [-0.25, -0.2) is 9.97 Å². The third-order valence-electron chi connectivity index (χ3n) is 2.70. The molecule has 0 atom stereocenters. The zero-order chi connectivity index (χ0) is 10.5. The summed E-state index contributed by atoms with van der Waals surface area (Å²) in [5, 5.41) is 0. The van der Waals surface area contributed by atoms with E-state index >= 15 is 0 Å². The summed E-state index contributed by atoms with van der Waals surface area (Å²) in [6, 6.07) is 2.03. The van der Waals surface area contributed by atoms with Crippen molar-refractivity contribution in [3.8, 4) is 0 Å². The molecule has 0 bridgehead atoms. The standard InChI is InChI=1S/C11H16N2OS/c15-8-4-11-12-5-1-10(13-11)9-2-6-14-7-3-9/h1,5,9,15H,2-4,6-8H2. The third kappa shape index (κ3) is 2.92. The van der Waals surface area contributed by atoms with E-state index in [0.717, 1.165) is 44.1 Å². The van der Waals surface area contributed by atoms with E-state index < -0.39 is 0 Å². The Morgan fingerprint density at radius 1 is 1.40 bits per heavy atom. The normalized spacial score (nSPS) is 17.9. The van der Waals surface area contributed by atoms with Crippen molar-refractivity contribution in [2.45, 2.75) is 25.2 Å². The number of rotatable bonds is 3. The van der Waals surface area contributed by atoms with Crippen LogP contribution in [0, 0.1) is 0 Å². The van der Waals surface area contributed by atoms with Crippen LogP contribution in [0.1, 0.15) is 30.3 Å². The van der Waals surface area contributed by atoms with Gasteiger partial charge in [0.25, 0.3) is 0 Å². The molecule has 3 nitrogen and oxygen atoms in total. The minimum atomic E-state index is 0.556. The maximum absolute atomic E-state index is 5.34. The average Bonchev–Trinajstić information content (AvgIpc) is 2.31. The second kappa shape index (κ2) is 5.47. The predicted octanol–water partition coefficient (Wildman–Crippen LogP) is 1.84. The molecule has 2 heterocycles. The van der Waals surface area contributed by atoms with Gasteiger partial charge in [0, 0.05) is 37.4 Å². The Hall–Kier alpha value is -0.610. The minimum absolute atomic E-state index is 0.556. The van der Waals surface area contributed by atoms with Crippen molar-refractivity contribution in [1.82, 2.24) is 9.97 Å². The molecular formula is C11H16N2OS. The Bertz CT molecular complexity index is 313. The summed E-state index contributed by atoms with van der Waals surface area (Å²) in [5.74, 6) is 2.27. The van der Waals surface area contributed by atoms with E-state index in [1.165, 1.54) is 5.69 Å². The molecule has 0 saturated carbocycles. The summed E-state index contributed by atoms with van der Waals surface area (Å²) in [6.45, 7) is 1.72. The highest BCUT2D eigenvalue weighted by Crippen LogP contribution is 2.24. The van der Waals surface area contributed by atoms with Crippen LogP contribution in [0.4, 0.5) is 0 Å². The zero-order valence-corrected chi connectivity index (χ0v) is 9.62. The van der Waals surface area contributed by atoms with Crippen molar-refractivity contribution in [3.05, 3.63) is 23.8 Å². The first kappa shape index (κ1) is 10.9. The van der Waals surface area contributed by atoms with Crippen LogP contribution in [0.3, 0.4) is 0 Å². The number of aryl methyl sites for hydroxylation is 1. The summed E-state index contributed by atoms with van der Waals surface area (Å²) < 4.78 is 5.34. The lowest BCUT2D eigenvalue weighted by Crippen LogP contribution is -2.16. The van der Waals surface area contributed by atoms with Gasteiger partial charge in [0.05, 0.1) is 0 Å². The summed E-state index contributed by atoms with van der Waals surface area (Å²) in [5.41, 5.74) is 1.17. The van der Waals surface area contributed by atoms with Crippen molar-refractivity contribution in [3.63, 3.8) is 0 Å². The van der Waals surface area contributed by atoms with Crippen LogP contribution >= 0.6 is 12.6 Å². The number of aromatic nitrogens is 2. The Morgan fingerprint density at radius 2 is 2.20 bits per heavy atom. The lowest BCUT2D eigenvalue weighted by Gasteiger charge is -2.21. The number of ether oxygens (including phenoxy) is 1. The largest absolute Gasteiger partial charge is 0.381 e. The molecule has 2 rings (SSSR count). The second-order valence-corrected chi connectivity index (χ2v) is 4.21. The monoisotopic (exact) mass is 224 g/mol. The van der Waals surface area contributed by atoms with Gasteiger partial charge in [0.2, 0.25) is 0 Å². The molecule has 82 valence electrons. The highest BCUT2D eigenvalue weighted by atomic mass is 32.1. The van der Waals surface area contributed by atoms with Gasteiger partial charge in [-0.2, -0.15) is 12.6 Å². The molecule has 0 N–H and O–H groups in total. The maximum Gasteiger partial charge on any atom is 0.129 e. The first-order chi connectivity index (χ1) is 7.40. The van der Waals surface area contributed by atoms with Crippen molar-refractivity contribution in [2.24, 2.45) is 0 Å². The van der Waals surface area contributed by atoms with Gasteiger partial charge < -0.3 is 4.74 Å². The van der Waals surface area contributed by atoms with Crippen LogP contribution < -0.4 is 0 Å². The van der Waals surface area contributed by atoms with E-state index in [1.54, 1.807) is 0 Å². The summed E-state index contributed by atoms with van der Waals surface area (Å²) >= 11 is 4.19. The SMILES string of the molecule is SCCc1nccc(C2CCOCC2)n1. The van der Waals surface area contributed by atoms with E-state index in [2.05, 4.69) is 22.6 Å². The first-order valence-corrected chi connectivity index (χ1v) is 6.04. The molecule has 0 aliphatic carbocycles. The van der Waals surface area contributed by atoms with E-state index in [9.17, 15) is 0 Å². The molecule has 1 saturated heterocycles. The smallest absolute Gasteiger partial charge is 0.129 e. The fourth-order valence-corrected chi connectivity index (χ4v) is 2.06. The lowest BCUT2D eigenvalue weighted by atomic mass is 9.96. The topological polar surface area (TPSA) is 35.0 Å².